The lowest BCUT2D eigenvalue weighted by molar-refractivity contribution is 0.113. The summed E-state index contributed by atoms with van der Waals surface area (Å²) in [6.45, 7) is 4.90. The van der Waals surface area contributed by atoms with Crippen LogP contribution in [0, 0.1) is 17.2 Å². The molecule has 0 spiro atoms. The predicted octanol–water partition coefficient (Wildman–Crippen LogP) is 1.99. The van der Waals surface area contributed by atoms with Gasteiger partial charge in [0.1, 0.15) is 0 Å². The van der Waals surface area contributed by atoms with Gasteiger partial charge in [-0.2, -0.15) is 10.4 Å². The fraction of sp³-hybridized carbons (Fsp3) is 0.688. The number of nitrogens with zero attached hydrogens (tertiary/aromatic N) is 5. The second-order valence-electron chi connectivity index (χ2n) is 6.36. The normalized spacial score (nSPS) is 21.7. The highest BCUT2D eigenvalue weighted by atomic mass is 16.2. The van der Waals surface area contributed by atoms with Crippen molar-refractivity contribution >= 4 is 11.8 Å². The van der Waals surface area contributed by atoms with Gasteiger partial charge in [0.2, 0.25) is 0 Å². The molecule has 1 aromatic heterocycles. The highest BCUT2D eigenvalue weighted by Gasteiger charge is 2.30. The summed E-state index contributed by atoms with van der Waals surface area (Å²) in [5.74, 6) is 1.01. The van der Waals surface area contributed by atoms with E-state index in [0.717, 1.165) is 25.9 Å². The number of likely N-dealkylation sites (tertiary alicyclic amines) is 1. The van der Waals surface area contributed by atoms with Gasteiger partial charge in [0.15, 0.2) is 5.82 Å². The van der Waals surface area contributed by atoms with Crippen molar-refractivity contribution in [2.75, 3.05) is 32.5 Å². The summed E-state index contributed by atoms with van der Waals surface area (Å²) in [6, 6.07) is 4.04. The van der Waals surface area contributed by atoms with Crippen molar-refractivity contribution in [3.63, 3.8) is 0 Å². The average Bonchev–Trinajstić information content (AvgIpc) is 2.94. The Balaban J connectivity index is 1.87. The van der Waals surface area contributed by atoms with Crippen LogP contribution >= 0.6 is 0 Å². The standard InChI is InChI=1S/C16H26N6O/c1-13-12-20(2)10-6-14(13)21(3)16(23)18-15-7-11-22(19-15)9-5-4-8-17/h7,11,13-14H,4-6,9-10,12H2,1-3H3,(H,18,19,23). The fourth-order valence-electron chi connectivity index (χ4n) is 3.14. The molecule has 1 aromatic rings. The molecule has 2 amide bonds. The second kappa shape index (κ2) is 7.97. The molecule has 2 rings (SSSR count). The predicted molar refractivity (Wildman–Crippen MR) is 88.9 cm³/mol. The summed E-state index contributed by atoms with van der Waals surface area (Å²) in [7, 11) is 3.97. The molecule has 0 aliphatic carbocycles. The Labute approximate surface area is 137 Å². The highest BCUT2D eigenvalue weighted by Crippen LogP contribution is 2.21. The first kappa shape index (κ1) is 17.3. The van der Waals surface area contributed by atoms with E-state index in [-0.39, 0.29) is 12.1 Å². The summed E-state index contributed by atoms with van der Waals surface area (Å²) < 4.78 is 1.76. The lowest BCUT2D eigenvalue weighted by Gasteiger charge is -2.39. The molecule has 1 fully saturated rings. The van der Waals surface area contributed by atoms with Crippen LogP contribution in [0.5, 0.6) is 0 Å². The molecule has 2 heterocycles. The van der Waals surface area contributed by atoms with E-state index in [0.29, 0.717) is 24.7 Å². The van der Waals surface area contributed by atoms with Crippen LogP contribution in [0.1, 0.15) is 26.2 Å². The van der Waals surface area contributed by atoms with E-state index in [9.17, 15) is 4.79 Å². The summed E-state index contributed by atoms with van der Waals surface area (Å²) in [5.41, 5.74) is 0. The van der Waals surface area contributed by atoms with E-state index in [1.54, 1.807) is 15.6 Å². The van der Waals surface area contributed by atoms with Crippen LogP contribution in [-0.4, -0.2) is 58.8 Å². The molecule has 2 unspecified atom stereocenters. The monoisotopic (exact) mass is 318 g/mol. The van der Waals surface area contributed by atoms with Gasteiger partial charge < -0.3 is 9.80 Å². The summed E-state index contributed by atoms with van der Waals surface area (Å²) in [5, 5.41) is 15.7. The van der Waals surface area contributed by atoms with E-state index in [1.165, 1.54) is 0 Å². The van der Waals surface area contributed by atoms with Crippen LogP contribution in [0.4, 0.5) is 10.6 Å². The molecular formula is C16H26N6O. The van der Waals surface area contributed by atoms with Crippen molar-refractivity contribution in [3.8, 4) is 6.07 Å². The zero-order valence-corrected chi connectivity index (χ0v) is 14.2. The number of nitriles is 1. The first-order valence-corrected chi connectivity index (χ1v) is 8.14. The Morgan fingerprint density at radius 2 is 2.39 bits per heavy atom. The van der Waals surface area contributed by atoms with Gasteiger partial charge in [-0.3, -0.25) is 10.00 Å². The minimum Gasteiger partial charge on any atom is -0.324 e. The van der Waals surface area contributed by atoms with E-state index >= 15 is 0 Å². The first-order valence-electron chi connectivity index (χ1n) is 8.14. The van der Waals surface area contributed by atoms with Crippen molar-refractivity contribution in [2.24, 2.45) is 5.92 Å². The zero-order valence-electron chi connectivity index (χ0n) is 14.2. The summed E-state index contributed by atoms with van der Waals surface area (Å²) in [4.78, 5) is 16.5. The van der Waals surface area contributed by atoms with Crippen molar-refractivity contribution in [1.82, 2.24) is 19.6 Å². The zero-order chi connectivity index (χ0) is 16.8. The third-order valence-corrected chi connectivity index (χ3v) is 4.43. The molecule has 1 aliphatic rings. The van der Waals surface area contributed by atoms with Crippen LogP contribution in [0.2, 0.25) is 0 Å². The minimum atomic E-state index is -0.117. The highest BCUT2D eigenvalue weighted by molar-refractivity contribution is 5.88. The molecule has 1 aliphatic heterocycles. The number of nitrogens with one attached hydrogen (secondary N) is 1. The lowest BCUT2D eigenvalue weighted by Crippen LogP contribution is -2.50. The Morgan fingerprint density at radius 1 is 1.61 bits per heavy atom. The summed E-state index contributed by atoms with van der Waals surface area (Å²) in [6.07, 6.45) is 4.09. The molecule has 1 saturated heterocycles. The Bertz CT molecular complexity index is 563. The minimum absolute atomic E-state index is 0.117. The maximum Gasteiger partial charge on any atom is 0.323 e. The first-order chi connectivity index (χ1) is 11.0. The number of rotatable bonds is 5. The van der Waals surface area contributed by atoms with Gasteiger partial charge in [-0.25, -0.2) is 4.79 Å². The topological polar surface area (TPSA) is 77.2 Å². The van der Waals surface area contributed by atoms with E-state index in [1.807, 2.05) is 13.2 Å². The van der Waals surface area contributed by atoms with Crippen LogP contribution in [0.25, 0.3) is 0 Å². The van der Waals surface area contributed by atoms with E-state index in [2.05, 4.69) is 35.4 Å². The van der Waals surface area contributed by atoms with Gasteiger partial charge in [0.25, 0.3) is 0 Å². The molecule has 1 N–H and O–H groups in total. The van der Waals surface area contributed by atoms with Crippen LogP contribution in [0.3, 0.4) is 0 Å². The molecule has 0 saturated carbocycles. The largest absolute Gasteiger partial charge is 0.324 e. The van der Waals surface area contributed by atoms with Crippen LogP contribution in [-0.2, 0) is 6.54 Å². The van der Waals surface area contributed by atoms with Gasteiger partial charge in [-0.15, -0.1) is 0 Å². The van der Waals surface area contributed by atoms with Crippen molar-refractivity contribution < 1.29 is 4.79 Å². The number of piperidine rings is 1. The molecule has 7 nitrogen and oxygen atoms in total. The molecule has 0 aromatic carbocycles. The number of aromatic nitrogens is 2. The Kier molecular flexibility index (Phi) is 5.99. The van der Waals surface area contributed by atoms with Crippen LogP contribution in [0.15, 0.2) is 12.3 Å². The maximum atomic E-state index is 12.4. The summed E-state index contributed by atoms with van der Waals surface area (Å²) >= 11 is 0. The number of carbonyl (C=O) groups excluding carboxylic acids is 1. The number of carbonyl (C=O) groups is 1. The Morgan fingerprint density at radius 3 is 3.09 bits per heavy atom. The van der Waals surface area contributed by atoms with Gasteiger partial charge in [-0.05, 0) is 32.4 Å². The smallest absolute Gasteiger partial charge is 0.323 e. The molecule has 23 heavy (non-hydrogen) atoms. The number of hydrogen-bond acceptors (Lipinski definition) is 4. The lowest BCUT2D eigenvalue weighted by atomic mass is 9.93. The molecule has 0 bridgehead atoms. The molecular weight excluding hydrogens is 292 g/mol. The molecule has 7 heteroatoms. The van der Waals surface area contributed by atoms with Crippen LogP contribution < -0.4 is 5.32 Å². The van der Waals surface area contributed by atoms with Crippen molar-refractivity contribution in [1.29, 1.82) is 5.26 Å². The second-order valence-corrected chi connectivity index (χ2v) is 6.36. The van der Waals surface area contributed by atoms with Gasteiger partial charge in [-0.1, -0.05) is 6.92 Å². The Hall–Kier alpha value is -2.07. The van der Waals surface area contributed by atoms with Gasteiger partial charge in [0, 0.05) is 44.9 Å². The van der Waals surface area contributed by atoms with Gasteiger partial charge >= 0.3 is 6.03 Å². The third-order valence-electron chi connectivity index (χ3n) is 4.43. The number of urea groups is 1. The van der Waals surface area contributed by atoms with Gasteiger partial charge in [0.05, 0.1) is 6.07 Å². The van der Waals surface area contributed by atoms with Crippen molar-refractivity contribution in [3.05, 3.63) is 12.3 Å². The molecule has 2 atom stereocenters. The number of hydrogen-bond donors (Lipinski definition) is 1. The van der Waals surface area contributed by atoms with Crippen molar-refractivity contribution in [2.45, 2.75) is 38.8 Å². The molecule has 126 valence electrons. The molecule has 0 radical (unpaired) electrons. The number of anilines is 1. The number of amides is 2. The van der Waals surface area contributed by atoms with E-state index < -0.39 is 0 Å². The third kappa shape index (κ3) is 4.70. The number of aryl methyl sites for hydroxylation is 1. The SMILES string of the molecule is CC1CN(C)CCC1N(C)C(=O)Nc1ccn(CCCC#N)n1. The fourth-order valence-corrected chi connectivity index (χ4v) is 3.14. The number of unbranched alkanes of at least 4 members (excludes halogenated alkanes) is 1. The van der Waals surface area contributed by atoms with E-state index in [4.69, 9.17) is 5.26 Å². The average molecular weight is 318 g/mol. The maximum absolute atomic E-state index is 12.4. The quantitative estimate of drug-likeness (QED) is 0.842.